The van der Waals surface area contributed by atoms with Gasteiger partial charge in [0.25, 0.3) is 5.91 Å². The standard InChI is InChI=1S/C15H21NO4/c1-18-12-8-7-11(13(19-2)14(12)20-3)15(17)16-9-5-4-6-10-16/h7-8H,4-6,9-10H2,1-3H3. The first-order chi connectivity index (χ1) is 9.72. The molecule has 2 rings (SSSR count). The van der Waals surface area contributed by atoms with Gasteiger partial charge < -0.3 is 19.1 Å². The average Bonchev–Trinajstić information content (AvgIpc) is 2.53. The van der Waals surface area contributed by atoms with Gasteiger partial charge in [0.1, 0.15) is 0 Å². The number of hydrogen-bond acceptors (Lipinski definition) is 4. The molecule has 1 aromatic carbocycles. The van der Waals surface area contributed by atoms with Crippen LogP contribution < -0.4 is 14.2 Å². The molecule has 5 heteroatoms. The van der Waals surface area contributed by atoms with Crippen LogP contribution in [0, 0.1) is 0 Å². The van der Waals surface area contributed by atoms with Crippen LogP contribution in [0.3, 0.4) is 0 Å². The maximum atomic E-state index is 12.6. The van der Waals surface area contributed by atoms with Gasteiger partial charge >= 0.3 is 0 Å². The van der Waals surface area contributed by atoms with Gasteiger partial charge in [0, 0.05) is 13.1 Å². The predicted molar refractivity (Wildman–Crippen MR) is 75.9 cm³/mol. The van der Waals surface area contributed by atoms with Crippen molar-refractivity contribution in [3.63, 3.8) is 0 Å². The average molecular weight is 279 g/mol. The number of hydrogen-bond donors (Lipinski definition) is 0. The first-order valence-electron chi connectivity index (χ1n) is 6.81. The van der Waals surface area contributed by atoms with Crippen molar-refractivity contribution in [3.8, 4) is 17.2 Å². The van der Waals surface area contributed by atoms with E-state index in [0.29, 0.717) is 22.8 Å². The van der Waals surface area contributed by atoms with Gasteiger partial charge in [-0.05, 0) is 31.4 Å². The van der Waals surface area contributed by atoms with Crippen molar-refractivity contribution in [2.24, 2.45) is 0 Å². The molecule has 0 aromatic heterocycles. The lowest BCUT2D eigenvalue weighted by Crippen LogP contribution is -2.35. The Morgan fingerprint density at radius 1 is 0.950 bits per heavy atom. The van der Waals surface area contributed by atoms with Crippen LogP contribution in [0.1, 0.15) is 29.6 Å². The second kappa shape index (κ2) is 6.50. The molecular weight excluding hydrogens is 258 g/mol. The maximum Gasteiger partial charge on any atom is 0.257 e. The molecule has 0 saturated carbocycles. The molecule has 0 atom stereocenters. The summed E-state index contributed by atoms with van der Waals surface area (Å²) in [5, 5.41) is 0. The van der Waals surface area contributed by atoms with E-state index in [-0.39, 0.29) is 5.91 Å². The van der Waals surface area contributed by atoms with Crippen molar-refractivity contribution in [2.75, 3.05) is 34.4 Å². The van der Waals surface area contributed by atoms with Crippen LogP contribution in [0.2, 0.25) is 0 Å². The number of amides is 1. The van der Waals surface area contributed by atoms with E-state index in [9.17, 15) is 4.79 Å². The summed E-state index contributed by atoms with van der Waals surface area (Å²) < 4.78 is 15.9. The molecule has 0 spiro atoms. The van der Waals surface area contributed by atoms with E-state index in [1.807, 2.05) is 4.90 Å². The number of carbonyl (C=O) groups excluding carboxylic acids is 1. The molecule has 0 aliphatic carbocycles. The largest absolute Gasteiger partial charge is 0.493 e. The number of methoxy groups -OCH3 is 3. The van der Waals surface area contributed by atoms with Crippen LogP contribution in [0.15, 0.2) is 12.1 Å². The Morgan fingerprint density at radius 2 is 1.60 bits per heavy atom. The minimum atomic E-state index is -0.0116. The van der Waals surface area contributed by atoms with Gasteiger partial charge in [-0.1, -0.05) is 0 Å². The first kappa shape index (κ1) is 14.5. The third kappa shape index (κ3) is 2.66. The molecule has 1 fully saturated rings. The lowest BCUT2D eigenvalue weighted by Gasteiger charge is -2.27. The highest BCUT2D eigenvalue weighted by atomic mass is 16.5. The van der Waals surface area contributed by atoms with E-state index < -0.39 is 0 Å². The summed E-state index contributed by atoms with van der Waals surface area (Å²) in [7, 11) is 4.63. The molecule has 1 heterocycles. The fraction of sp³-hybridized carbons (Fsp3) is 0.533. The molecule has 20 heavy (non-hydrogen) atoms. The number of rotatable bonds is 4. The van der Waals surface area contributed by atoms with E-state index in [0.717, 1.165) is 25.9 Å². The number of nitrogens with zero attached hydrogens (tertiary/aromatic N) is 1. The Balaban J connectivity index is 2.37. The van der Waals surface area contributed by atoms with Crippen LogP contribution >= 0.6 is 0 Å². The summed E-state index contributed by atoms with van der Waals surface area (Å²) >= 11 is 0. The van der Waals surface area contributed by atoms with E-state index in [4.69, 9.17) is 14.2 Å². The number of ether oxygens (including phenoxy) is 3. The molecule has 1 amide bonds. The Bertz CT molecular complexity index is 481. The predicted octanol–water partition coefficient (Wildman–Crippen LogP) is 2.34. The molecule has 1 saturated heterocycles. The lowest BCUT2D eigenvalue weighted by molar-refractivity contribution is 0.0720. The van der Waals surface area contributed by atoms with E-state index in [1.54, 1.807) is 19.2 Å². The lowest BCUT2D eigenvalue weighted by atomic mass is 10.1. The third-order valence-corrected chi connectivity index (χ3v) is 3.58. The number of piperidine rings is 1. The van der Waals surface area contributed by atoms with Gasteiger partial charge in [-0.15, -0.1) is 0 Å². The first-order valence-corrected chi connectivity index (χ1v) is 6.81. The zero-order valence-corrected chi connectivity index (χ0v) is 12.3. The maximum absolute atomic E-state index is 12.6. The van der Waals surface area contributed by atoms with Crippen molar-refractivity contribution < 1.29 is 19.0 Å². The normalized spacial score (nSPS) is 14.8. The zero-order valence-electron chi connectivity index (χ0n) is 12.3. The molecule has 0 bridgehead atoms. The smallest absolute Gasteiger partial charge is 0.257 e. The van der Waals surface area contributed by atoms with E-state index >= 15 is 0 Å². The van der Waals surface area contributed by atoms with Gasteiger partial charge in [-0.2, -0.15) is 0 Å². The van der Waals surface area contributed by atoms with Gasteiger partial charge in [0.15, 0.2) is 11.5 Å². The Hall–Kier alpha value is -1.91. The van der Waals surface area contributed by atoms with Crippen LogP contribution in [0.25, 0.3) is 0 Å². The Labute approximate surface area is 119 Å². The van der Waals surface area contributed by atoms with Gasteiger partial charge in [-0.3, -0.25) is 4.79 Å². The van der Waals surface area contributed by atoms with Gasteiger partial charge in [0.2, 0.25) is 5.75 Å². The second-order valence-electron chi connectivity index (χ2n) is 4.73. The fourth-order valence-corrected chi connectivity index (χ4v) is 2.54. The molecule has 0 radical (unpaired) electrons. The van der Waals surface area contributed by atoms with Crippen LogP contribution in [0.5, 0.6) is 17.2 Å². The quantitative estimate of drug-likeness (QED) is 0.848. The molecular formula is C15H21NO4. The van der Waals surface area contributed by atoms with Crippen LogP contribution in [0.4, 0.5) is 0 Å². The summed E-state index contributed by atoms with van der Waals surface area (Å²) in [4.78, 5) is 14.5. The van der Waals surface area contributed by atoms with Crippen molar-refractivity contribution in [1.29, 1.82) is 0 Å². The van der Waals surface area contributed by atoms with E-state index in [2.05, 4.69) is 0 Å². The summed E-state index contributed by atoms with van der Waals surface area (Å²) in [6.07, 6.45) is 3.30. The van der Waals surface area contributed by atoms with Gasteiger partial charge in [0.05, 0.1) is 26.9 Å². The Kier molecular flexibility index (Phi) is 4.71. The highest BCUT2D eigenvalue weighted by Crippen LogP contribution is 2.40. The highest BCUT2D eigenvalue weighted by molar-refractivity contribution is 5.98. The molecule has 110 valence electrons. The SMILES string of the molecule is COc1ccc(C(=O)N2CCCCC2)c(OC)c1OC. The second-order valence-corrected chi connectivity index (χ2v) is 4.73. The minimum Gasteiger partial charge on any atom is -0.493 e. The number of benzene rings is 1. The summed E-state index contributed by atoms with van der Waals surface area (Å²) in [6.45, 7) is 1.60. The van der Waals surface area contributed by atoms with Crippen LogP contribution in [-0.4, -0.2) is 45.2 Å². The number of likely N-dealkylation sites (tertiary alicyclic amines) is 1. The third-order valence-electron chi connectivity index (χ3n) is 3.58. The minimum absolute atomic E-state index is 0.0116. The van der Waals surface area contributed by atoms with Gasteiger partial charge in [-0.25, -0.2) is 0 Å². The molecule has 1 aliphatic heterocycles. The van der Waals surface area contributed by atoms with Crippen LogP contribution in [-0.2, 0) is 0 Å². The molecule has 5 nitrogen and oxygen atoms in total. The summed E-state index contributed by atoms with van der Waals surface area (Å²) in [5.74, 6) is 1.43. The number of carbonyl (C=O) groups is 1. The molecule has 1 aliphatic rings. The highest BCUT2D eigenvalue weighted by Gasteiger charge is 2.25. The van der Waals surface area contributed by atoms with E-state index in [1.165, 1.54) is 20.6 Å². The zero-order chi connectivity index (χ0) is 14.5. The molecule has 0 unspecified atom stereocenters. The van der Waals surface area contributed by atoms with Crippen molar-refractivity contribution in [1.82, 2.24) is 4.90 Å². The van der Waals surface area contributed by atoms with Crippen molar-refractivity contribution in [3.05, 3.63) is 17.7 Å². The van der Waals surface area contributed by atoms with Crippen molar-refractivity contribution in [2.45, 2.75) is 19.3 Å². The van der Waals surface area contributed by atoms with Crippen molar-refractivity contribution >= 4 is 5.91 Å². The summed E-state index contributed by atoms with van der Waals surface area (Å²) in [5.41, 5.74) is 0.520. The monoisotopic (exact) mass is 279 g/mol. The fourth-order valence-electron chi connectivity index (χ4n) is 2.54. The molecule has 1 aromatic rings. The summed E-state index contributed by atoms with van der Waals surface area (Å²) in [6, 6.07) is 3.47. The Morgan fingerprint density at radius 3 is 2.15 bits per heavy atom. The topological polar surface area (TPSA) is 48.0 Å². The molecule has 0 N–H and O–H groups in total.